The standard InChI is InChI=1S/C27H30ClN5O4S/c28-19-7-10-26(30-18-19)32-38(35,36)25-6-2-1-5-23(25)31-27(34)22-9-8-20(33-15-3-4-16-33)17-24(22)37-21-11-13-29-14-12-21/h1-2,5-10,17-18,21,29H,3-4,11-16H2,(H,30,32)(H,31,34). The lowest BCUT2D eigenvalue weighted by Gasteiger charge is -2.26. The Kier molecular flexibility index (Phi) is 8.01. The van der Waals surface area contributed by atoms with Crippen molar-refractivity contribution in [1.82, 2.24) is 10.3 Å². The molecule has 3 N–H and O–H groups in total. The highest BCUT2D eigenvalue weighted by Crippen LogP contribution is 2.31. The maximum atomic E-state index is 13.5. The number of aromatic nitrogens is 1. The normalized spacial score (nSPS) is 16.3. The Morgan fingerprint density at radius 2 is 1.82 bits per heavy atom. The lowest BCUT2D eigenvalue weighted by atomic mass is 10.1. The molecule has 1 amide bonds. The summed E-state index contributed by atoms with van der Waals surface area (Å²) in [4.78, 5) is 19.7. The Morgan fingerprint density at radius 1 is 1.05 bits per heavy atom. The largest absolute Gasteiger partial charge is 0.489 e. The van der Waals surface area contributed by atoms with Crippen molar-refractivity contribution in [3.05, 3.63) is 71.4 Å². The summed E-state index contributed by atoms with van der Waals surface area (Å²) in [5.41, 5.74) is 1.52. The van der Waals surface area contributed by atoms with Crippen LogP contribution in [0.5, 0.6) is 5.75 Å². The van der Waals surface area contributed by atoms with Crippen LogP contribution in [0.2, 0.25) is 5.02 Å². The summed E-state index contributed by atoms with van der Waals surface area (Å²) >= 11 is 5.86. The highest BCUT2D eigenvalue weighted by Gasteiger charge is 2.24. The Morgan fingerprint density at radius 3 is 2.55 bits per heavy atom. The van der Waals surface area contributed by atoms with Crippen molar-refractivity contribution in [2.75, 3.05) is 41.1 Å². The molecule has 0 unspecified atom stereocenters. The zero-order valence-corrected chi connectivity index (χ0v) is 22.4. The van der Waals surface area contributed by atoms with Crippen LogP contribution in [-0.4, -0.2) is 51.6 Å². The van der Waals surface area contributed by atoms with Crippen LogP contribution in [0, 0.1) is 0 Å². The number of pyridine rings is 1. The van der Waals surface area contributed by atoms with Crippen molar-refractivity contribution in [3.8, 4) is 5.75 Å². The number of carbonyl (C=O) groups is 1. The van der Waals surface area contributed by atoms with E-state index in [1.165, 1.54) is 24.4 Å². The molecule has 3 aromatic rings. The number of sulfonamides is 1. The van der Waals surface area contributed by atoms with Gasteiger partial charge in [0.25, 0.3) is 15.9 Å². The first-order valence-electron chi connectivity index (χ1n) is 12.7. The molecule has 2 saturated heterocycles. The van der Waals surface area contributed by atoms with E-state index in [4.69, 9.17) is 16.3 Å². The lowest BCUT2D eigenvalue weighted by molar-refractivity contribution is 0.101. The molecule has 0 spiro atoms. The van der Waals surface area contributed by atoms with Crippen molar-refractivity contribution in [2.24, 2.45) is 0 Å². The van der Waals surface area contributed by atoms with E-state index in [1.807, 2.05) is 12.1 Å². The summed E-state index contributed by atoms with van der Waals surface area (Å²) in [6.07, 6.45) is 5.32. The first-order valence-corrected chi connectivity index (χ1v) is 14.6. The summed E-state index contributed by atoms with van der Waals surface area (Å²) in [6.45, 7) is 3.66. The van der Waals surface area contributed by atoms with Crippen molar-refractivity contribution in [3.63, 3.8) is 0 Å². The molecule has 0 atom stereocenters. The smallest absolute Gasteiger partial charge is 0.265 e. The zero-order valence-electron chi connectivity index (χ0n) is 20.8. The number of piperidine rings is 1. The Balaban J connectivity index is 1.41. The number of anilines is 3. The molecule has 11 heteroatoms. The maximum Gasteiger partial charge on any atom is 0.265 e. The summed E-state index contributed by atoms with van der Waals surface area (Å²) in [5, 5.41) is 6.50. The van der Waals surface area contributed by atoms with Crippen LogP contribution < -0.4 is 25.0 Å². The molecule has 3 heterocycles. The van der Waals surface area contributed by atoms with Gasteiger partial charge in [0.15, 0.2) is 0 Å². The maximum absolute atomic E-state index is 13.5. The van der Waals surface area contributed by atoms with Gasteiger partial charge in [0.1, 0.15) is 22.6 Å². The third kappa shape index (κ3) is 6.20. The predicted octanol–water partition coefficient (Wildman–Crippen LogP) is 4.52. The molecular formula is C27H30ClN5O4S. The quantitative estimate of drug-likeness (QED) is 0.374. The molecule has 2 aliphatic heterocycles. The van der Waals surface area contributed by atoms with Crippen LogP contribution in [0.15, 0.2) is 65.7 Å². The summed E-state index contributed by atoms with van der Waals surface area (Å²) in [7, 11) is -4.05. The Hall–Kier alpha value is -3.34. The minimum absolute atomic E-state index is 0.000341. The molecule has 0 aliphatic carbocycles. The van der Waals surface area contributed by atoms with Gasteiger partial charge in [-0.25, -0.2) is 13.4 Å². The fraction of sp³-hybridized carbons (Fsp3) is 0.333. The molecule has 0 saturated carbocycles. The molecule has 9 nitrogen and oxygen atoms in total. The van der Waals surface area contributed by atoms with Crippen LogP contribution in [-0.2, 0) is 10.0 Å². The molecule has 0 radical (unpaired) electrons. The van der Waals surface area contributed by atoms with E-state index in [1.54, 1.807) is 24.3 Å². The van der Waals surface area contributed by atoms with E-state index in [0.717, 1.165) is 57.5 Å². The van der Waals surface area contributed by atoms with Gasteiger partial charge in [-0.3, -0.25) is 9.52 Å². The van der Waals surface area contributed by atoms with Gasteiger partial charge in [-0.2, -0.15) is 0 Å². The molecule has 5 rings (SSSR count). The number of benzene rings is 2. The van der Waals surface area contributed by atoms with Gasteiger partial charge >= 0.3 is 0 Å². The van der Waals surface area contributed by atoms with Gasteiger partial charge in [0.2, 0.25) is 0 Å². The fourth-order valence-corrected chi connectivity index (χ4v) is 5.97. The second kappa shape index (κ2) is 11.6. The number of nitrogens with one attached hydrogen (secondary N) is 3. The summed E-state index contributed by atoms with van der Waals surface area (Å²) in [6, 6.07) is 14.8. The van der Waals surface area contributed by atoms with E-state index in [2.05, 4.69) is 25.2 Å². The van der Waals surface area contributed by atoms with Crippen molar-refractivity contribution in [1.29, 1.82) is 0 Å². The highest BCUT2D eigenvalue weighted by atomic mass is 35.5. The minimum Gasteiger partial charge on any atom is -0.489 e. The van der Waals surface area contributed by atoms with Crippen molar-refractivity contribution < 1.29 is 17.9 Å². The third-order valence-corrected chi connectivity index (χ3v) is 8.29. The first kappa shape index (κ1) is 26.3. The van der Waals surface area contributed by atoms with E-state index < -0.39 is 15.9 Å². The monoisotopic (exact) mass is 555 g/mol. The van der Waals surface area contributed by atoms with Crippen LogP contribution >= 0.6 is 11.6 Å². The zero-order chi connectivity index (χ0) is 26.5. The lowest BCUT2D eigenvalue weighted by Crippen LogP contribution is -2.34. The number of carbonyl (C=O) groups excluding carboxylic acids is 1. The van der Waals surface area contributed by atoms with Crippen LogP contribution in [0.25, 0.3) is 0 Å². The number of hydrogen-bond acceptors (Lipinski definition) is 7. The SMILES string of the molecule is O=C(Nc1ccccc1S(=O)(=O)Nc1ccc(Cl)cn1)c1ccc(N2CCCC2)cc1OC1CCNCC1. The van der Waals surface area contributed by atoms with Gasteiger partial charge in [-0.05, 0) is 75.2 Å². The highest BCUT2D eigenvalue weighted by molar-refractivity contribution is 7.92. The van der Waals surface area contributed by atoms with Gasteiger partial charge in [0.05, 0.1) is 16.3 Å². The third-order valence-electron chi connectivity index (χ3n) is 6.65. The molecule has 2 fully saturated rings. The molecular weight excluding hydrogens is 526 g/mol. The molecule has 38 heavy (non-hydrogen) atoms. The minimum atomic E-state index is -4.05. The number of rotatable bonds is 8. The van der Waals surface area contributed by atoms with Crippen LogP contribution in [0.3, 0.4) is 0 Å². The topological polar surface area (TPSA) is 113 Å². The summed E-state index contributed by atoms with van der Waals surface area (Å²) in [5.74, 6) is 0.169. The fourth-order valence-electron chi connectivity index (χ4n) is 4.68. The molecule has 1 aromatic heterocycles. The number of hydrogen-bond donors (Lipinski definition) is 3. The van der Waals surface area contributed by atoms with Gasteiger partial charge < -0.3 is 20.3 Å². The van der Waals surface area contributed by atoms with E-state index in [9.17, 15) is 13.2 Å². The molecule has 200 valence electrons. The average molecular weight is 556 g/mol. The van der Waals surface area contributed by atoms with Crippen LogP contribution in [0.4, 0.5) is 17.2 Å². The van der Waals surface area contributed by atoms with Crippen molar-refractivity contribution in [2.45, 2.75) is 36.7 Å². The summed E-state index contributed by atoms with van der Waals surface area (Å²) < 4.78 is 35.1. The molecule has 2 aromatic carbocycles. The van der Waals surface area contributed by atoms with Crippen LogP contribution in [0.1, 0.15) is 36.0 Å². The number of amides is 1. The second-order valence-corrected chi connectivity index (χ2v) is 11.4. The number of ether oxygens (including phenoxy) is 1. The molecule has 0 bridgehead atoms. The second-order valence-electron chi connectivity index (χ2n) is 9.36. The number of halogens is 1. The van der Waals surface area contributed by atoms with Gasteiger partial charge in [-0.15, -0.1) is 0 Å². The van der Waals surface area contributed by atoms with E-state index in [0.29, 0.717) is 16.3 Å². The Bertz CT molecular complexity index is 1390. The van der Waals surface area contributed by atoms with Gasteiger partial charge in [0, 0.05) is 31.0 Å². The van der Waals surface area contributed by atoms with E-state index >= 15 is 0 Å². The van der Waals surface area contributed by atoms with Gasteiger partial charge in [-0.1, -0.05) is 23.7 Å². The number of nitrogens with zero attached hydrogens (tertiary/aromatic N) is 2. The number of para-hydroxylation sites is 1. The molecule has 2 aliphatic rings. The first-order chi connectivity index (χ1) is 18.4. The Labute approximate surface area is 227 Å². The van der Waals surface area contributed by atoms with E-state index in [-0.39, 0.29) is 22.5 Å². The van der Waals surface area contributed by atoms with Crippen molar-refractivity contribution >= 4 is 44.7 Å². The average Bonchev–Trinajstić information content (AvgIpc) is 3.46. The predicted molar refractivity (Wildman–Crippen MR) is 149 cm³/mol.